The molecule has 0 atom stereocenters. The second kappa shape index (κ2) is 6.26. The summed E-state index contributed by atoms with van der Waals surface area (Å²) in [6, 6.07) is 10.2. The van der Waals surface area contributed by atoms with Crippen LogP contribution in [0.5, 0.6) is 0 Å². The normalized spacial score (nSPS) is 10.6. The van der Waals surface area contributed by atoms with E-state index in [1.807, 2.05) is 24.4 Å². The molecular weight excluding hydrogens is 278 g/mol. The molecule has 0 radical (unpaired) electrons. The van der Waals surface area contributed by atoms with Crippen molar-refractivity contribution in [2.24, 2.45) is 0 Å². The van der Waals surface area contributed by atoms with Crippen LogP contribution >= 0.6 is 0 Å². The highest BCUT2D eigenvalue weighted by Gasteiger charge is 2.15. The van der Waals surface area contributed by atoms with Crippen molar-refractivity contribution in [3.8, 4) is 0 Å². The Bertz CT molecular complexity index is 733. The second-order valence-electron chi connectivity index (χ2n) is 5.11. The number of rotatable bonds is 5. The Hall–Kier alpha value is -2.89. The van der Waals surface area contributed by atoms with E-state index in [0.717, 1.165) is 12.4 Å². The van der Waals surface area contributed by atoms with Gasteiger partial charge in [0.1, 0.15) is 5.82 Å². The van der Waals surface area contributed by atoms with Gasteiger partial charge in [-0.1, -0.05) is 30.3 Å². The quantitative estimate of drug-likeness (QED) is 0.782. The zero-order chi connectivity index (χ0) is 15.4. The lowest BCUT2D eigenvalue weighted by Gasteiger charge is -2.17. The van der Waals surface area contributed by atoms with Gasteiger partial charge in [-0.05, 0) is 5.56 Å². The van der Waals surface area contributed by atoms with Crippen molar-refractivity contribution in [2.45, 2.75) is 13.1 Å². The van der Waals surface area contributed by atoms with Gasteiger partial charge in [0.25, 0.3) is 5.91 Å². The van der Waals surface area contributed by atoms with Gasteiger partial charge >= 0.3 is 0 Å². The molecule has 0 aliphatic carbocycles. The highest BCUT2D eigenvalue weighted by Crippen LogP contribution is 2.09. The molecule has 2 aromatic heterocycles. The van der Waals surface area contributed by atoms with Crippen LogP contribution in [0, 0.1) is 0 Å². The molecule has 0 fully saturated rings. The minimum Gasteiger partial charge on any atom is -0.334 e. The number of aromatic amines is 1. The summed E-state index contributed by atoms with van der Waals surface area (Å²) in [5.41, 5.74) is 1.74. The first-order valence-corrected chi connectivity index (χ1v) is 7.02. The lowest BCUT2D eigenvalue weighted by atomic mass is 10.2. The average Bonchev–Trinajstić information content (AvgIpc) is 3.20. The molecule has 1 aromatic carbocycles. The van der Waals surface area contributed by atoms with Crippen LogP contribution in [0.15, 0.2) is 55.1 Å². The van der Waals surface area contributed by atoms with Gasteiger partial charge in [0, 0.05) is 32.2 Å². The lowest BCUT2D eigenvalue weighted by molar-refractivity contribution is 0.0780. The largest absolute Gasteiger partial charge is 0.334 e. The van der Waals surface area contributed by atoms with Gasteiger partial charge in [0.15, 0.2) is 0 Å². The summed E-state index contributed by atoms with van der Waals surface area (Å²) in [4.78, 5) is 18.2. The van der Waals surface area contributed by atoms with Crippen LogP contribution in [0.2, 0.25) is 0 Å². The molecule has 1 N–H and O–H groups in total. The van der Waals surface area contributed by atoms with Gasteiger partial charge in [-0.3, -0.25) is 9.89 Å². The Labute approximate surface area is 128 Å². The highest BCUT2D eigenvalue weighted by atomic mass is 16.2. The fourth-order valence-corrected chi connectivity index (χ4v) is 2.29. The SMILES string of the molecule is CN(Cc1nccn1Cc1ccccc1)C(=O)c1cn[nH]c1. The third-order valence-electron chi connectivity index (χ3n) is 3.47. The highest BCUT2D eigenvalue weighted by molar-refractivity contribution is 5.93. The number of nitrogens with one attached hydrogen (secondary N) is 1. The van der Waals surface area contributed by atoms with E-state index >= 15 is 0 Å². The van der Waals surface area contributed by atoms with E-state index in [4.69, 9.17) is 0 Å². The molecular formula is C16H17N5O. The van der Waals surface area contributed by atoms with Crippen molar-refractivity contribution in [3.05, 3.63) is 72.1 Å². The Kier molecular flexibility index (Phi) is 4.00. The summed E-state index contributed by atoms with van der Waals surface area (Å²) in [7, 11) is 1.76. The molecule has 1 amide bonds. The van der Waals surface area contributed by atoms with Gasteiger partial charge in [-0.2, -0.15) is 5.10 Å². The third-order valence-corrected chi connectivity index (χ3v) is 3.47. The maximum absolute atomic E-state index is 12.2. The molecule has 3 rings (SSSR count). The zero-order valence-electron chi connectivity index (χ0n) is 12.3. The van der Waals surface area contributed by atoms with Crippen LogP contribution in [0.1, 0.15) is 21.7 Å². The Morgan fingerprint density at radius 3 is 2.86 bits per heavy atom. The fourth-order valence-electron chi connectivity index (χ4n) is 2.29. The summed E-state index contributed by atoms with van der Waals surface area (Å²) in [6.45, 7) is 1.19. The summed E-state index contributed by atoms with van der Waals surface area (Å²) < 4.78 is 2.05. The number of carbonyl (C=O) groups is 1. The van der Waals surface area contributed by atoms with Crippen LogP contribution in [-0.2, 0) is 13.1 Å². The fraction of sp³-hybridized carbons (Fsp3) is 0.188. The van der Waals surface area contributed by atoms with Crippen molar-refractivity contribution in [1.82, 2.24) is 24.6 Å². The number of hydrogen-bond donors (Lipinski definition) is 1. The van der Waals surface area contributed by atoms with Gasteiger partial charge in [0.2, 0.25) is 0 Å². The minimum atomic E-state index is -0.0805. The number of hydrogen-bond acceptors (Lipinski definition) is 3. The first kappa shape index (κ1) is 14.1. The molecule has 3 aromatic rings. The van der Waals surface area contributed by atoms with Gasteiger partial charge in [0.05, 0.1) is 18.3 Å². The van der Waals surface area contributed by atoms with Crippen molar-refractivity contribution in [1.29, 1.82) is 0 Å². The smallest absolute Gasteiger partial charge is 0.257 e. The maximum Gasteiger partial charge on any atom is 0.257 e. The minimum absolute atomic E-state index is 0.0805. The number of nitrogens with zero attached hydrogens (tertiary/aromatic N) is 4. The standard InChI is InChI=1S/C16H17N5O/c1-20(16(22)14-9-18-19-10-14)12-15-17-7-8-21(15)11-13-5-3-2-4-6-13/h2-10H,11-12H2,1H3,(H,18,19). The Morgan fingerprint density at radius 2 is 2.14 bits per heavy atom. The maximum atomic E-state index is 12.2. The first-order valence-electron chi connectivity index (χ1n) is 7.02. The van der Waals surface area contributed by atoms with Gasteiger partial charge in [-0.25, -0.2) is 4.98 Å². The van der Waals surface area contributed by atoms with Crippen LogP contribution < -0.4 is 0 Å². The molecule has 0 saturated carbocycles. The number of amides is 1. The van der Waals surface area contributed by atoms with E-state index in [1.165, 1.54) is 11.8 Å². The molecule has 0 bridgehead atoms. The van der Waals surface area contributed by atoms with E-state index < -0.39 is 0 Å². The van der Waals surface area contributed by atoms with E-state index in [1.54, 1.807) is 24.3 Å². The predicted molar refractivity (Wildman–Crippen MR) is 82.2 cm³/mol. The van der Waals surface area contributed by atoms with Gasteiger partial charge in [-0.15, -0.1) is 0 Å². The molecule has 112 valence electrons. The molecule has 6 heteroatoms. The molecule has 6 nitrogen and oxygen atoms in total. The lowest BCUT2D eigenvalue weighted by Crippen LogP contribution is -2.27. The molecule has 0 spiro atoms. The molecule has 2 heterocycles. The number of carbonyl (C=O) groups excluding carboxylic acids is 1. The van der Waals surface area contributed by atoms with Crippen LogP contribution in [0.4, 0.5) is 0 Å². The summed E-state index contributed by atoms with van der Waals surface area (Å²) in [5.74, 6) is 0.770. The monoisotopic (exact) mass is 295 g/mol. The van der Waals surface area contributed by atoms with Crippen LogP contribution in [0.3, 0.4) is 0 Å². The summed E-state index contributed by atoms with van der Waals surface area (Å²) in [6.07, 6.45) is 6.80. The summed E-state index contributed by atoms with van der Waals surface area (Å²) >= 11 is 0. The predicted octanol–water partition coefficient (Wildman–Crippen LogP) is 1.93. The molecule has 0 unspecified atom stereocenters. The molecule has 22 heavy (non-hydrogen) atoms. The average molecular weight is 295 g/mol. The molecule has 0 aliphatic rings. The number of aromatic nitrogens is 4. The van der Waals surface area contributed by atoms with E-state index in [9.17, 15) is 4.79 Å². The second-order valence-corrected chi connectivity index (χ2v) is 5.11. The van der Waals surface area contributed by atoms with E-state index in [-0.39, 0.29) is 5.91 Å². The number of benzene rings is 1. The van der Waals surface area contributed by atoms with E-state index in [2.05, 4.69) is 31.9 Å². The Balaban J connectivity index is 1.71. The number of imidazole rings is 1. The van der Waals surface area contributed by atoms with Gasteiger partial charge < -0.3 is 9.47 Å². The Morgan fingerprint density at radius 1 is 1.32 bits per heavy atom. The third kappa shape index (κ3) is 3.06. The van der Waals surface area contributed by atoms with Crippen LogP contribution in [-0.4, -0.2) is 37.6 Å². The zero-order valence-corrected chi connectivity index (χ0v) is 12.3. The van der Waals surface area contributed by atoms with Crippen molar-refractivity contribution in [3.63, 3.8) is 0 Å². The topological polar surface area (TPSA) is 66.8 Å². The van der Waals surface area contributed by atoms with Crippen molar-refractivity contribution >= 4 is 5.91 Å². The number of H-pyrrole nitrogens is 1. The first-order chi connectivity index (χ1) is 10.7. The van der Waals surface area contributed by atoms with E-state index in [0.29, 0.717) is 12.1 Å². The van der Waals surface area contributed by atoms with Crippen LogP contribution in [0.25, 0.3) is 0 Å². The van der Waals surface area contributed by atoms with Crippen molar-refractivity contribution < 1.29 is 4.79 Å². The van der Waals surface area contributed by atoms with Crippen molar-refractivity contribution in [2.75, 3.05) is 7.05 Å². The molecule has 0 aliphatic heterocycles. The molecule has 0 saturated heterocycles. The summed E-state index contributed by atoms with van der Waals surface area (Å²) in [5, 5.41) is 6.45.